The van der Waals surface area contributed by atoms with E-state index in [-0.39, 0.29) is 18.0 Å². The van der Waals surface area contributed by atoms with Crippen LogP contribution in [0.15, 0.2) is 33.9 Å². The lowest BCUT2D eigenvalue weighted by Gasteiger charge is -2.42. The highest BCUT2D eigenvalue weighted by Gasteiger charge is 2.29. The van der Waals surface area contributed by atoms with Crippen LogP contribution in [0.2, 0.25) is 0 Å². The van der Waals surface area contributed by atoms with E-state index in [4.69, 9.17) is 4.42 Å². The maximum Gasteiger partial charge on any atom is 0.291 e. The van der Waals surface area contributed by atoms with Crippen molar-refractivity contribution in [2.75, 3.05) is 45.8 Å². The van der Waals surface area contributed by atoms with E-state index < -0.39 is 0 Å². The van der Waals surface area contributed by atoms with Gasteiger partial charge in [0, 0.05) is 57.4 Å². The number of rotatable bonds is 4. The van der Waals surface area contributed by atoms with Crippen LogP contribution < -0.4 is 5.56 Å². The molecule has 5 rings (SSSR count). The van der Waals surface area contributed by atoms with Crippen molar-refractivity contribution in [3.8, 4) is 0 Å². The summed E-state index contributed by atoms with van der Waals surface area (Å²) >= 11 is 0. The standard InChI is InChI=1S/C21H28N6O3/c1-2-23-8-10-24(11-9-23)16-3-6-25(7-4-16)20(28)14-27-21(29)18-13-19-17(5-12-30-19)26(18)15-22-27/h5,12-13,15-16H,2-4,6-11,14H2,1H3. The molecule has 30 heavy (non-hydrogen) atoms. The first kappa shape index (κ1) is 19.3. The highest BCUT2D eigenvalue weighted by Crippen LogP contribution is 2.20. The van der Waals surface area contributed by atoms with Crippen molar-refractivity contribution in [3.63, 3.8) is 0 Å². The van der Waals surface area contributed by atoms with Crippen molar-refractivity contribution in [3.05, 3.63) is 35.1 Å². The lowest BCUT2D eigenvalue weighted by atomic mass is 10.0. The number of hydrogen-bond acceptors (Lipinski definition) is 6. The van der Waals surface area contributed by atoms with Crippen molar-refractivity contribution in [2.45, 2.75) is 32.4 Å². The van der Waals surface area contributed by atoms with Crippen molar-refractivity contribution in [1.29, 1.82) is 0 Å². The minimum Gasteiger partial charge on any atom is -0.463 e. The van der Waals surface area contributed by atoms with Crippen molar-refractivity contribution >= 4 is 22.5 Å². The maximum absolute atomic E-state index is 12.8. The molecule has 2 aliphatic rings. The van der Waals surface area contributed by atoms with Gasteiger partial charge in [0.1, 0.15) is 18.4 Å². The van der Waals surface area contributed by atoms with Gasteiger partial charge in [-0.3, -0.25) is 18.9 Å². The van der Waals surface area contributed by atoms with Crippen LogP contribution in [0.3, 0.4) is 0 Å². The normalized spacial score (nSPS) is 19.8. The summed E-state index contributed by atoms with van der Waals surface area (Å²) in [5.41, 5.74) is 1.63. The third kappa shape index (κ3) is 3.41. The van der Waals surface area contributed by atoms with E-state index in [1.165, 1.54) is 4.68 Å². The van der Waals surface area contributed by atoms with E-state index >= 15 is 0 Å². The molecule has 0 N–H and O–H groups in total. The number of carbonyl (C=O) groups is 1. The fourth-order valence-electron chi connectivity index (χ4n) is 4.80. The molecular weight excluding hydrogens is 384 g/mol. The van der Waals surface area contributed by atoms with Crippen LogP contribution >= 0.6 is 0 Å². The van der Waals surface area contributed by atoms with Crippen LogP contribution in [0.4, 0.5) is 0 Å². The Morgan fingerprint density at radius 1 is 1.13 bits per heavy atom. The van der Waals surface area contributed by atoms with Gasteiger partial charge in [-0.25, -0.2) is 4.68 Å². The second kappa shape index (κ2) is 7.88. The van der Waals surface area contributed by atoms with Gasteiger partial charge >= 0.3 is 0 Å². The first-order valence-corrected chi connectivity index (χ1v) is 10.8. The number of nitrogens with zero attached hydrogens (tertiary/aromatic N) is 6. The minimum absolute atomic E-state index is 0.0261. The second-order valence-electron chi connectivity index (χ2n) is 8.25. The first-order chi connectivity index (χ1) is 14.6. The Labute approximate surface area is 174 Å². The zero-order chi connectivity index (χ0) is 20.7. The largest absolute Gasteiger partial charge is 0.463 e. The number of hydrogen-bond donors (Lipinski definition) is 0. The van der Waals surface area contributed by atoms with Crippen molar-refractivity contribution in [1.82, 2.24) is 28.9 Å². The number of likely N-dealkylation sites (N-methyl/N-ethyl adjacent to an activating group) is 1. The average Bonchev–Trinajstić information content (AvgIpc) is 3.38. The molecule has 0 unspecified atom stereocenters. The highest BCUT2D eigenvalue weighted by molar-refractivity contribution is 5.82. The predicted molar refractivity (Wildman–Crippen MR) is 113 cm³/mol. The smallest absolute Gasteiger partial charge is 0.291 e. The molecule has 1 amide bonds. The zero-order valence-electron chi connectivity index (χ0n) is 17.4. The molecule has 9 nitrogen and oxygen atoms in total. The van der Waals surface area contributed by atoms with Gasteiger partial charge in [-0.15, -0.1) is 0 Å². The van der Waals surface area contributed by atoms with E-state index in [0.29, 0.717) is 17.1 Å². The molecule has 2 aliphatic heterocycles. The Balaban J connectivity index is 1.21. The summed E-state index contributed by atoms with van der Waals surface area (Å²) in [4.78, 5) is 32.5. The topological polar surface area (TPSA) is 79.2 Å². The Morgan fingerprint density at radius 2 is 1.90 bits per heavy atom. The summed E-state index contributed by atoms with van der Waals surface area (Å²) in [6.45, 7) is 9.30. The molecule has 9 heteroatoms. The van der Waals surface area contributed by atoms with Gasteiger partial charge in [0.05, 0.1) is 11.8 Å². The van der Waals surface area contributed by atoms with Crippen LogP contribution in [0.25, 0.3) is 16.6 Å². The lowest BCUT2D eigenvalue weighted by molar-refractivity contribution is -0.133. The van der Waals surface area contributed by atoms with Gasteiger partial charge in [0.2, 0.25) is 5.91 Å². The summed E-state index contributed by atoms with van der Waals surface area (Å²) < 4.78 is 8.32. The van der Waals surface area contributed by atoms with Gasteiger partial charge in [-0.1, -0.05) is 6.92 Å². The number of likely N-dealkylation sites (tertiary alicyclic amines) is 1. The molecule has 0 aliphatic carbocycles. The van der Waals surface area contributed by atoms with Gasteiger partial charge in [0.25, 0.3) is 5.56 Å². The van der Waals surface area contributed by atoms with Crippen LogP contribution in [0.1, 0.15) is 19.8 Å². The molecule has 0 aromatic carbocycles. The number of carbonyl (C=O) groups excluding carboxylic acids is 1. The summed E-state index contributed by atoms with van der Waals surface area (Å²) in [5.74, 6) is -0.0431. The van der Waals surface area contributed by atoms with Crippen LogP contribution in [-0.4, -0.2) is 86.6 Å². The third-order valence-corrected chi connectivity index (χ3v) is 6.69. The molecule has 0 spiro atoms. The minimum atomic E-state index is -0.277. The molecule has 3 aromatic heterocycles. The molecule has 0 saturated carbocycles. The fraction of sp³-hybridized carbons (Fsp3) is 0.571. The first-order valence-electron chi connectivity index (χ1n) is 10.8. The van der Waals surface area contributed by atoms with E-state index in [2.05, 4.69) is 21.8 Å². The number of fused-ring (bicyclic) bond motifs is 3. The van der Waals surface area contributed by atoms with Gasteiger partial charge < -0.3 is 14.2 Å². The molecule has 2 fully saturated rings. The molecule has 0 bridgehead atoms. The Kier molecular flexibility index (Phi) is 5.08. The van der Waals surface area contributed by atoms with Crippen molar-refractivity contribution < 1.29 is 9.21 Å². The van der Waals surface area contributed by atoms with Crippen LogP contribution in [0, 0.1) is 0 Å². The van der Waals surface area contributed by atoms with Crippen LogP contribution in [-0.2, 0) is 11.3 Å². The molecule has 3 aromatic rings. The van der Waals surface area contributed by atoms with E-state index in [1.54, 1.807) is 29.1 Å². The predicted octanol–water partition coefficient (Wildman–Crippen LogP) is 0.871. The van der Waals surface area contributed by atoms with Gasteiger partial charge in [0.15, 0.2) is 5.58 Å². The maximum atomic E-state index is 12.8. The van der Waals surface area contributed by atoms with Crippen LogP contribution in [0.5, 0.6) is 0 Å². The molecule has 5 heterocycles. The molecule has 0 radical (unpaired) electrons. The Hall–Kier alpha value is -2.65. The number of amides is 1. The quantitative estimate of drug-likeness (QED) is 0.633. The number of aromatic nitrogens is 3. The lowest BCUT2D eigenvalue weighted by Crippen LogP contribution is -2.54. The number of piperidine rings is 1. The fourth-order valence-corrected chi connectivity index (χ4v) is 4.80. The van der Waals surface area contributed by atoms with Crippen molar-refractivity contribution in [2.24, 2.45) is 0 Å². The molecular formula is C21H28N6O3. The van der Waals surface area contributed by atoms with Gasteiger partial charge in [-0.05, 0) is 19.4 Å². The number of piperazine rings is 1. The van der Waals surface area contributed by atoms with E-state index in [9.17, 15) is 9.59 Å². The summed E-state index contributed by atoms with van der Waals surface area (Å²) in [6, 6.07) is 4.05. The number of furan rings is 1. The monoisotopic (exact) mass is 412 g/mol. The molecule has 2 saturated heterocycles. The zero-order valence-corrected chi connectivity index (χ0v) is 17.4. The molecule has 0 atom stereocenters. The SMILES string of the molecule is CCN1CCN(C2CCN(C(=O)Cn3ncn4c(cc5occc54)c3=O)CC2)CC1. The summed E-state index contributed by atoms with van der Waals surface area (Å²) in [7, 11) is 0. The Bertz CT molecular complexity index is 1100. The Morgan fingerprint density at radius 3 is 2.63 bits per heavy atom. The third-order valence-electron chi connectivity index (χ3n) is 6.69. The van der Waals surface area contributed by atoms with Gasteiger partial charge in [-0.2, -0.15) is 5.10 Å². The molecule has 160 valence electrons. The summed E-state index contributed by atoms with van der Waals surface area (Å²) in [6.07, 6.45) is 5.15. The van der Waals surface area contributed by atoms with E-state index in [0.717, 1.165) is 64.2 Å². The van der Waals surface area contributed by atoms with E-state index in [1.807, 2.05) is 4.90 Å². The second-order valence-corrected chi connectivity index (χ2v) is 8.25. The average molecular weight is 412 g/mol. The summed E-state index contributed by atoms with van der Waals surface area (Å²) in [5, 5.41) is 4.21. The highest BCUT2D eigenvalue weighted by atomic mass is 16.3.